The lowest BCUT2D eigenvalue weighted by molar-refractivity contribution is 0.0706. The van der Waals surface area contributed by atoms with Crippen molar-refractivity contribution in [2.45, 2.75) is 18.9 Å². The van der Waals surface area contributed by atoms with Gasteiger partial charge in [0.15, 0.2) is 0 Å². The number of amides is 1. The van der Waals surface area contributed by atoms with Crippen LogP contribution < -0.4 is 4.74 Å². The normalized spacial score (nSPS) is 16.5. The van der Waals surface area contributed by atoms with Crippen LogP contribution in [-0.4, -0.2) is 39.7 Å². The first-order chi connectivity index (χ1) is 13.2. The molecule has 1 aliphatic heterocycles. The Bertz CT molecular complexity index is 955. The lowest BCUT2D eigenvalue weighted by Gasteiger charge is -2.22. The molecular formula is C20H19N3O4. The van der Waals surface area contributed by atoms with Gasteiger partial charge in [-0.25, -0.2) is 0 Å². The molecule has 0 saturated carbocycles. The molecule has 0 radical (unpaired) electrons. The summed E-state index contributed by atoms with van der Waals surface area (Å²) in [6.07, 6.45) is 1.55. The smallest absolute Gasteiger partial charge is 0.258 e. The third kappa shape index (κ3) is 3.23. The van der Waals surface area contributed by atoms with Gasteiger partial charge in [0.25, 0.3) is 5.91 Å². The summed E-state index contributed by atoms with van der Waals surface area (Å²) in [6, 6.07) is 13.8. The molecule has 138 valence electrons. The number of ether oxygens (including phenoxy) is 1. The standard InChI is InChI=1S/C20H19N3O4/c1-26-14-9-10-17(24)15(12-14)20(25)23-11-5-8-16(23)19-21-18(22-27-19)13-6-3-2-4-7-13/h2-4,6-7,9-10,12,16,24H,5,8,11H2,1H3/t16-/m0/s1. The van der Waals surface area contributed by atoms with E-state index in [9.17, 15) is 9.90 Å². The molecule has 0 bridgehead atoms. The zero-order valence-corrected chi connectivity index (χ0v) is 14.8. The van der Waals surface area contributed by atoms with Crippen molar-refractivity contribution in [3.63, 3.8) is 0 Å². The maximum Gasteiger partial charge on any atom is 0.258 e. The summed E-state index contributed by atoms with van der Waals surface area (Å²) in [6.45, 7) is 0.559. The Hall–Kier alpha value is -3.35. The minimum absolute atomic E-state index is 0.0815. The van der Waals surface area contributed by atoms with Gasteiger partial charge in [0.1, 0.15) is 17.5 Å². The van der Waals surface area contributed by atoms with Gasteiger partial charge in [0.2, 0.25) is 11.7 Å². The SMILES string of the molecule is COc1ccc(O)c(C(=O)N2CCC[C@H]2c2nc(-c3ccccc3)no2)c1. The van der Waals surface area contributed by atoms with Gasteiger partial charge in [-0.1, -0.05) is 35.5 Å². The number of carbonyl (C=O) groups excluding carboxylic acids is 1. The van der Waals surface area contributed by atoms with Crippen molar-refractivity contribution in [3.8, 4) is 22.9 Å². The van der Waals surface area contributed by atoms with Crippen LogP contribution in [0.3, 0.4) is 0 Å². The van der Waals surface area contributed by atoms with Crippen LogP contribution in [0.15, 0.2) is 53.1 Å². The molecule has 1 aliphatic rings. The molecule has 7 heteroatoms. The number of likely N-dealkylation sites (tertiary alicyclic amines) is 1. The molecule has 2 aromatic carbocycles. The number of carbonyl (C=O) groups is 1. The molecule has 7 nitrogen and oxygen atoms in total. The number of nitrogens with zero attached hydrogens (tertiary/aromatic N) is 3. The Morgan fingerprint density at radius 1 is 1.26 bits per heavy atom. The largest absolute Gasteiger partial charge is 0.507 e. The molecule has 0 spiro atoms. The summed E-state index contributed by atoms with van der Waals surface area (Å²) in [5.74, 6) is 1.04. The van der Waals surface area contributed by atoms with E-state index in [1.54, 1.807) is 11.0 Å². The van der Waals surface area contributed by atoms with Gasteiger partial charge < -0.3 is 19.3 Å². The molecule has 1 fully saturated rings. The number of aromatic nitrogens is 2. The fourth-order valence-electron chi connectivity index (χ4n) is 3.31. The predicted octanol–water partition coefficient (Wildman–Crippen LogP) is 3.43. The van der Waals surface area contributed by atoms with Crippen LogP contribution in [0.5, 0.6) is 11.5 Å². The van der Waals surface area contributed by atoms with Crippen LogP contribution in [0.2, 0.25) is 0 Å². The topological polar surface area (TPSA) is 88.7 Å². The summed E-state index contributed by atoms with van der Waals surface area (Å²) in [4.78, 5) is 19.2. The van der Waals surface area contributed by atoms with Gasteiger partial charge in [0, 0.05) is 12.1 Å². The van der Waals surface area contributed by atoms with E-state index in [4.69, 9.17) is 9.26 Å². The Kier molecular flexibility index (Phi) is 4.50. The van der Waals surface area contributed by atoms with E-state index in [2.05, 4.69) is 10.1 Å². The van der Waals surface area contributed by atoms with E-state index in [0.717, 1.165) is 18.4 Å². The van der Waals surface area contributed by atoms with Crippen molar-refractivity contribution in [1.82, 2.24) is 15.0 Å². The third-order valence-corrected chi connectivity index (χ3v) is 4.71. The summed E-state index contributed by atoms with van der Waals surface area (Å²) in [7, 11) is 1.52. The Morgan fingerprint density at radius 3 is 2.85 bits per heavy atom. The van der Waals surface area contributed by atoms with Crippen LogP contribution in [-0.2, 0) is 0 Å². The molecule has 1 aromatic heterocycles. The van der Waals surface area contributed by atoms with Crippen molar-refractivity contribution >= 4 is 5.91 Å². The highest BCUT2D eigenvalue weighted by Crippen LogP contribution is 2.35. The summed E-state index contributed by atoms with van der Waals surface area (Å²) >= 11 is 0. The first-order valence-corrected chi connectivity index (χ1v) is 8.74. The quantitative estimate of drug-likeness (QED) is 0.762. The average molecular weight is 365 g/mol. The molecule has 1 amide bonds. The molecule has 1 saturated heterocycles. The fraction of sp³-hybridized carbons (Fsp3) is 0.250. The second-order valence-corrected chi connectivity index (χ2v) is 6.36. The maximum absolute atomic E-state index is 13.0. The zero-order chi connectivity index (χ0) is 18.8. The van der Waals surface area contributed by atoms with Crippen molar-refractivity contribution < 1.29 is 19.2 Å². The predicted molar refractivity (Wildman–Crippen MR) is 97.4 cm³/mol. The number of phenolic OH excluding ortho intramolecular Hbond substituents is 1. The minimum Gasteiger partial charge on any atom is -0.507 e. The number of methoxy groups -OCH3 is 1. The molecular weight excluding hydrogens is 346 g/mol. The van der Waals surface area contributed by atoms with Gasteiger partial charge in [0.05, 0.1) is 12.7 Å². The van der Waals surface area contributed by atoms with Gasteiger partial charge >= 0.3 is 0 Å². The maximum atomic E-state index is 13.0. The Balaban J connectivity index is 1.61. The number of aromatic hydroxyl groups is 1. The molecule has 0 aliphatic carbocycles. The highest BCUT2D eigenvalue weighted by molar-refractivity contribution is 5.97. The number of benzene rings is 2. The van der Waals surface area contributed by atoms with Crippen molar-refractivity contribution in [1.29, 1.82) is 0 Å². The molecule has 2 heterocycles. The fourth-order valence-corrected chi connectivity index (χ4v) is 3.31. The first kappa shape index (κ1) is 17.1. The Labute approximate surface area is 156 Å². The van der Waals surface area contributed by atoms with Crippen LogP contribution in [0, 0.1) is 0 Å². The van der Waals surface area contributed by atoms with E-state index in [1.807, 2.05) is 30.3 Å². The number of rotatable bonds is 4. The average Bonchev–Trinajstić information content (AvgIpc) is 3.38. The molecule has 1 atom stereocenters. The van der Waals surface area contributed by atoms with Crippen molar-refractivity contribution in [3.05, 3.63) is 60.0 Å². The zero-order valence-electron chi connectivity index (χ0n) is 14.8. The molecule has 3 aromatic rings. The van der Waals surface area contributed by atoms with Crippen LogP contribution in [0.4, 0.5) is 0 Å². The lowest BCUT2D eigenvalue weighted by atomic mass is 10.1. The van der Waals surface area contributed by atoms with E-state index in [1.165, 1.54) is 19.2 Å². The first-order valence-electron chi connectivity index (χ1n) is 8.74. The van der Waals surface area contributed by atoms with E-state index < -0.39 is 0 Å². The highest BCUT2D eigenvalue weighted by Gasteiger charge is 2.35. The molecule has 1 N–H and O–H groups in total. The number of hydrogen-bond donors (Lipinski definition) is 1. The van der Waals surface area contributed by atoms with Gasteiger partial charge in [-0.15, -0.1) is 0 Å². The van der Waals surface area contributed by atoms with Gasteiger partial charge in [-0.2, -0.15) is 4.98 Å². The summed E-state index contributed by atoms with van der Waals surface area (Å²) in [5.41, 5.74) is 1.05. The monoisotopic (exact) mass is 365 g/mol. The van der Waals surface area contributed by atoms with Crippen molar-refractivity contribution in [2.75, 3.05) is 13.7 Å². The van der Waals surface area contributed by atoms with E-state index in [0.29, 0.717) is 24.0 Å². The molecule has 4 rings (SSSR count). The Morgan fingerprint density at radius 2 is 2.07 bits per heavy atom. The minimum atomic E-state index is -0.312. The number of phenols is 1. The van der Waals surface area contributed by atoms with E-state index >= 15 is 0 Å². The van der Waals surface area contributed by atoms with Crippen LogP contribution in [0.1, 0.15) is 35.1 Å². The van der Waals surface area contributed by atoms with Crippen LogP contribution in [0.25, 0.3) is 11.4 Å². The molecule has 0 unspecified atom stereocenters. The summed E-state index contributed by atoms with van der Waals surface area (Å²) < 4.78 is 10.6. The van der Waals surface area contributed by atoms with Crippen LogP contribution >= 0.6 is 0 Å². The van der Waals surface area contributed by atoms with Gasteiger partial charge in [-0.3, -0.25) is 4.79 Å². The second kappa shape index (κ2) is 7.11. The van der Waals surface area contributed by atoms with Gasteiger partial charge in [-0.05, 0) is 31.0 Å². The van der Waals surface area contributed by atoms with Crippen molar-refractivity contribution in [2.24, 2.45) is 0 Å². The summed E-state index contributed by atoms with van der Waals surface area (Å²) in [5, 5.41) is 14.2. The van der Waals surface area contributed by atoms with E-state index in [-0.39, 0.29) is 23.3 Å². The second-order valence-electron chi connectivity index (χ2n) is 6.36. The third-order valence-electron chi connectivity index (χ3n) is 4.71. The molecule has 27 heavy (non-hydrogen) atoms. The highest BCUT2D eigenvalue weighted by atomic mass is 16.5. The lowest BCUT2D eigenvalue weighted by Crippen LogP contribution is -2.30. The number of hydrogen-bond acceptors (Lipinski definition) is 6.